The second-order valence-corrected chi connectivity index (χ2v) is 8.48. The van der Waals surface area contributed by atoms with Gasteiger partial charge in [-0.3, -0.25) is 4.79 Å². The van der Waals surface area contributed by atoms with Gasteiger partial charge in [0.15, 0.2) is 21.3 Å². The highest BCUT2D eigenvalue weighted by atomic mass is 32.2. The first-order chi connectivity index (χ1) is 9.46. The molecule has 1 saturated heterocycles. The number of carbonyl (C=O) groups excluding carboxylic acids is 1. The quantitative estimate of drug-likeness (QED) is 0.796. The molecule has 0 bridgehead atoms. The maximum Gasteiger partial charge on any atom is 0.186 e. The second kappa shape index (κ2) is 6.22. The van der Waals surface area contributed by atoms with Crippen molar-refractivity contribution in [3.63, 3.8) is 0 Å². The number of hydrogen-bond donors (Lipinski definition) is 0. The molecule has 1 aromatic rings. The predicted molar refractivity (Wildman–Crippen MR) is 81.7 cm³/mol. The van der Waals surface area contributed by atoms with E-state index in [0.29, 0.717) is 24.4 Å². The number of thiazole rings is 1. The van der Waals surface area contributed by atoms with Gasteiger partial charge in [-0.2, -0.15) is 0 Å². The van der Waals surface area contributed by atoms with Crippen LogP contribution in [0.4, 0.5) is 5.13 Å². The van der Waals surface area contributed by atoms with Crippen LogP contribution in [0.25, 0.3) is 0 Å². The molecule has 1 atom stereocenters. The van der Waals surface area contributed by atoms with Crippen LogP contribution in [0, 0.1) is 0 Å². The predicted octanol–water partition coefficient (Wildman–Crippen LogP) is 2.09. The Labute approximate surface area is 123 Å². The number of carbonyl (C=O) groups is 1. The number of aromatic nitrogens is 1. The average molecular weight is 316 g/mol. The molecule has 2 rings (SSSR count). The molecular formula is C13H20N2O3S2. The Hall–Kier alpha value is -0.950. The highest BCUT2D eigenvalue weighted by Crippen LogP contribution is 2.31. The minimum absolute atomic E-state index is 0.168. The Morgan fingerprint density at radius 1 is 1.40 bits per heavy atom. The summed E-state index contributed by atoms with van der Waals surface area (Å²) in [5.74, 6) is 0.658. The van der Waals surface area contributed by atoms with E-state index in [9.17, 15) is 13.2 Å². The van der Waals surface area contributed by atoms with Gasteiger partial charge in [-0.15, -0.1) is 0 Å². The number of anilines is 1. The fourth-order valence-corrected chi connectivity index (χ4v) is 4.55. The first-order valence-corrected chi connectivity index (χ1v) is 9.52. The SMILES string of the molecule is CCC(C)c1nc(N2CCCS(=O)(=O)CC2)sc1C=O. The number of aldehydes is 1. The monoisotopic (exact) mass is 316 g/mol. The van der Waals surface area contributed by atoms with E-state index in [-0.39, 0.29) is 17.4 Å². The van der Waals surface area contributed by atoms with E-state index in [4.69, 9.17) is 0 Å². The standard InChI is InChI=1S/C13H20N2O3S2/c1-3-10(2)12-11(9-16)19-13(14-12)15-5-4-7-20(17,18)8-6-15/h9-10H,3-8H2,1-2H3. The molecule has 112 valence electrons. The van der Waals surface area contributed by atoms with Gasteiger partial charge in [-0.05, 0) is 18.8 Å². The molecule has 1 fully saturated rings. The van der Waals surface area contributed by atoms with Crippen LogP contribution < -0.4 is 4.90 Å². The Bertz CT molecular complexity index is 580. The topological polar surface area (TPSA) is 67.3 Å². The molecule has 0 aliphatic carbocycles. The molecule has 0 spiro atoms. The van der Waals surface area contributed by atoms with E-state index in [0.717, 1.165) is 23.5 Å². The molecule has 0 N–H and O–H groups in total. The summed E-state index contributed by atoms with van der Waals surface area (Å²) in [6.07, 6.45) is 2.41. The summed E-state index contributed by atoms with van der Waals surface area (Å²) in [4.78, 5) is 18.4. The molecule has 1 unspecified atom stereocenters. The number of sulfone groups is 1. The zero-order chi connectivity index (χ0) is 14.8. The van der Waals surface area contributed by atoms with Crippen LogP contribution in [-0.4, -0.2) is 44.3 Å². The van der Waals surface area contributed by atoms with E-state index in [1.54, 1.807) is 0 Å². The van der Waals surface area contributed by atoms with Crippen molar-refractivity contribution in [2.45, 2.75) is 32.6 Å². The summed E-state index contributed by atoms with van der Waals surface area (Å²) < 4.78 is 23.3. The lowest BCUT2D eigenvalue weighted by atomic mass is 10.0. The lowest BCUT2D eigenvalue weighted by molar-refractivity contribution is 0.112. The smallest absolute Gasteiger partial charge is 0.186 e. The van der Waals surface area contributed by atoms with Crippen molar-refractivity contribution in [1.82, 2.24) is 4.98 Å². The number of rotatable bonds is 4. The molecule has 20 heavy (non-hydrogen) atoms. The number of hydrogen-bond acceptors (Lipinski definition) is 6. The van der Waals surface area contributed by atoms with E-state index < -0.39 is 9.84 Å². The maximum absolute atomic E-state index is 11.6. The Kier molecular flexibility index (Phi) is 4.80. The number of nitrogens with zero attached hydrogens (tertiary/aromatic N) is 2. The van der Waals surface area contributed by atoms with Crippen molar-refractivity contribution < 1.29 is 13.2 Å². The van der Waals surface area contributed by atoms with Crippen LogP contribution in [0.5, 0.6) is 0 Å². The van der Waals surface area contributed by atoms with Crippen LogP contribution in [0.1, 0.15) is 48.0 Å². The van der Waals surface area contributed by atoms with Gasteiger partial charge in [0.1, 0.15) is 0 Å². The summed E-state index contributed by atoms with van der Waals surface area (Å²) in [5.41, 5.74) is 0.842. The second-order valence-electron chi connectivity index (χ2n) is 5.17. The fraction of sp³-hybridized carbons (Fsp3) is 0.692. The summed E-state index contributed by atoms with van der Waals surface area (Å²) in [6.45, 7) is 5.27. The summed E-state index contributed by atoms with van der Waals surface area (Å²) in [5, 5.41) is 0.777. The lowest BCUT2D eigenvalue weighted by Crippen LogP contribution is -2.26. The molecule has 0 aromatic carbocycles. The molecule has 5 nitrogen and oxygen atoms in total. The minimum atomic E-state index is -2.92. The van der Waals surface area contributed by atoms with Crippen LogP contribution in [-0.2, 0) is 9.84 Å². The highest BCUT2D eigenvalue weighted by Gasteiger charge is 2.23. The summed E-state index contributed by atoms with van der Waals surface area (Å²) >= 11 is 1.37. The summed E-state index contributed by atoms with van der Waals surface area (Å²) in [7, 11) is -2.92. The third-order valence-electron chi connectivity index (χ3n) is 3.68. The van der Waals surface area contributed by atoms with Crippen molar-refractivity contribution in [3.05, 3.63) is 10.6 Å². The minimum Gasteiger partial charge on any atom is -0.347 e. The third-order valence-corrected chi connectivity index (χ3v) is 6.45. The zero-order valence-electron chi connectivity index (χ0n) is 11.8. The Morgan fingerprint density at radius 3 is 2.80 bits per heavy atom. The molecule has 7 heteroatoms. The van der Waals surface area contributed by atoms with Crippen LogP contribution >= 0.6 is 11.3 Å². The van der Waals surface area contributed by atoms with E-state index in [1.165, 1.54) is 11.3 Å². The van der Waals surface area contributed by atoms with Crippen molar-refractivity contribution in [2.75, 3.05) is 29.5 Å². The van der Waals surface area contributed by atoms with Gasteiger partial charge in [-0.1, -0.05) is 25.2 Å². The molecule has 1 aromatic heterocycles. The molecule has 0 amide bonds. The first-order valence-electron chi connectivity index (χ1n) is 6.88. The van der Waals surface area contributed by atoms with Gasteiger partial charge in [0.05, 0.1) is 22.1 Å². The zero-order valence-corrected chi connectivity index (χ0v) is 13.5. The van der Waals surface area contributed by atoms with Crippen molar-refractivity contribution in [1.29, 1.82) is 0 Å². The average Bonchev–Trinajstić information content (AvgIpc) is 2.77. The van der Waals surface area contributed by atoms with E-state index in [2.05, 4.69) is 18.8 Å². The lowest BCUT2D eigenvalue weighted by Gasteiger charge is -2.18. The fourth-order valence-electron chi connectivity index (χ4n) is 2.23. The van der Waals surface area contributed by atoms with Gasteiger partial charge >= 0.3 is 0 Å². The third kappa shape index (κ3) is 3.38. The molecule has 1 aliphatic rings. The van der Waals surface area contributed by atoms with Crippen LogP contribution in [0.3, 0.4) is 0 Å². The first kappa shape index (κ1) is 15.4. The van der Waals surface area contributed by atoms with E-state index in [1.807, 2.05) is 4.90 Å². The van der Waals surface area contributed by atoms with Crippen LogP contribution in [0.15, 0.2) is 0 Å². The van der Waals surface area contributed by atoms with Crippen molar-refractivity contribution in [3.8, 4) is 0 Å². The van der Waals surface area contributed by atoms with Crippen molar-refractivity contribution in [2.24, 2.45) is 0 Å². The van der Waals surface area contributed by atoms with Gasteiger partial charge in [0, 0.05) is 13.1 Å². The molecule has 0 radical (unpaired) electrons. The van der Waals surface area contributed by atoms with E-state index >= 15 is 0 Å². The van der Waals surface area contributed by atoms with Crippen molar-refractivity contribution >= 4 is 32.6 Å². The largest absolute Gasteiger partial charge is 0.347 e. The Morgan fingerprint density at radius 2 is 2.15 bits per heavy atom. The van der Waals surface area contributed by atoms with Crippen LogP contribution in [0.2, 0.25) is 0 Å². The van der Waals surface area contributed by atoms with Gasteiger partial charge in [-0.25, -0.2) is 13.4 Å². The highest BCUT2D eigenvalue weighted by molar-refractivity contribution is 7.91. The molecule has 2 heterocycles. The Balaban J connectivity index is 2.24. The van der Waals surface area contributed by atoms with Gasteiger partial charge in [0.25, 0.3) is 0 Å². The van der Waals surface area contributed by atoms with Gasteiger partial charge < -0.3 is 4.90 Å². The molecule has 1 aliphatic heterocycles. The summed E-state index contributed by atoms with van der Waals surface area (Å²) in [6, 6.07) is 0. The normalized spacial score (nSPS) is 20.4. The van der Waals surface area contributed by atoms with Gasteiger partial charge in [0.2, 0.25) is 0 Å². The maximum atomic E-state index is 11.6. The molecular weight excluding hydrogens is 296 g/mol. The molecule has 0 saturated carbocycles.